The number of carboxylic acids is 1. The Morgan fingerprint density at radius 1 is 1.08 bits per heavy atom. The van der Waals surface area contributed by atoms with Crippen LogP contribution in [0.4, 0.5) is 0 Å². The zero-order chi connectivity index (χ0) is 26.9. The fourth-order valence-corrected chi connectivity index (χ4v) is 9.51. The number of methoxy groups -OCH3 is 1. The first-order valence-electron chi connectivity index (χ1n) is 13.8. The molecule has 0 amide bonds. The number of allylic oxidation sites excluding steroid dienone is 3. The summed E-state index contributed by atoms with van der Waals surface area (Å²) in [5.41, 5.74) is 0.936. The predicted octanol–water partition coefficient (Wildman–Crippen LogP) is 6.76. The minimum Gasteiger partial charge on any atom is -0.481 e. The third-order valence-corrected chi connectivity index (χ3v) is 12.0. The van der Waals surface area contributed by atoms with Gasteiger partial charge < -0.3 is 9.84 Å². The second kappa shape index (κ2) is 8.56. The zero-order valence-electron chi connectivity index (χ0n) is 23.5. The van der Waals surface area contributed by atoms with E-state index in [9.17, 15) is 19.5 Å². The van der Waals surface area contributed by atoms with E-state index in [1.165, 1.54) is 12.7 Å². The number of ether oxygens (including phenoxy) is 1. The summed E-state index contributed by atoms with van der Waals surface area (Å²) >= 11 is 0. The van der Waals surface area contributed by atoms with Crippen LogP contribution in [0.3, 0.4) is 0 Å². The van der Waals surface area contributed by atoms with Crippen LogP contribution >= 0.6 is 0 Å². The fourth-order valence-electron chi connectivity index (χ4n) is 9.51. The van der Waals surface area contributed by atoms with E-state index in [1.807, 2.05) is 19.9 Å². The highest BCUT2D eigenvalue weighted by Gasteiger charge is 2.68. The van der Waals surface area contributed by atoms with E-state index in [4.69, 9.17) is 4.74 Å². The van der Waals surface area contributed by atoms with Crippen molar-refractivity contribution in [2.45, 2.75) is 99.3 Å². The molecule has 0 radical (unpaired) electrons. The van der Waals surface area contributed by atoms with Crippen molar-refractivity contribution in [3.63, 3.8) is 0 Å². The summed E-state index contributed by atoms with van der Waals surface area (Å²) in [7, 11) is 1.47. The molecule has 5 heteroatoms. The molecule has 3 fully saturated rings. The topological polar surface area (TPSA) is 80.7 Å². The molecule has 4 aliphatic rings. The number of fused-ring (bicyclic) bond motifs is 5. The largest absolute Gasteiger partial charge is 0.481 e. The normalized spacial score (nSPS) is 46.0. The van der Waals surface area contributed by atoms with Crippen LogP contribution in [0.2, 0.25) is 0 Å². The number of carbonyl (C=O) groups excluding carboxylic acids is 2. The highest BCUT2D eigenvalue weighted by Crippen LogP contribution is 2.73. The zero-order valence-corrected chi connectivity index (χ0v) is 23.5. The van der Waals surface area contributed by atoms with Crippen LogP contribution in [0, 0.1) is 44.8 Å². The van der Waals surface area contributed by atoms with Crippen molar-refractivity contribution >= 4 is 17.7 Å². The number of carboxylic acid groups (broad SMARTS) is 1. The first kappa shape index (κ1) is 27.1. The van der Waals surface area contributed by atoms with Crippen molar-refractivity contribution in [2.24, 2.45) is 44.8 Å². The van der Waals surface area contributed by atoms with Gasteiger partial charge in [-0.15, -0.1) is 0 Å². The van der Waals surface area contributed by atoms with Gasteiger partial charge in [0.25, 0.3) is 0 Å². The van der Waals surface area contributed by atoms with E-state index in [0.717, 1.165) is 50.5 Å². The lowest BCUT2D eigenvalue weighted by Crippen LogP contribution is -2.63. The van der Waals surface area contributed by atoms with Crippen molar-refractivity contribution in [3.8, 4) is 0 Å². The van der Waals surface area contributed by atoms with Gasteiger partial charge in [0.1, 0.15) is 0 Å². The van der Waals surface area contributed by atoms with E-state index >= 15 is 0 Å². The predicted molar refractivity (Wildman–Crippen MR) is 140 cm³/mol. The first-order chi connectivity index (χ1) is 16.6. The average Bonchev–Trinajstić information content (AvgIpc) is 2.79. The summed E-state index contributed by atoms with van der Waals surface area (Å²) < 4.78 is 5.22. The van der Waals surface area contributed by atoms with Crippen LogP contribution in [-0.2, 0) is 19.1 Å². The van der Waals surface area contributed by atoms with Gasteiger partial charge in [-0.05, 0) is 105 Å². The van der Waals surface area contributed by atoms with Crippen LogP contribution in [0.1, 0.15) is 99.3 Å². The Hall–Kier alpha value is -1.91. The van der Waals surface area contributed by atoms with E-state index in [2.05, 4.69) is 34.3 Å². The molecular weight excluding hydrogens is 452 g/mol. The lowest BCUT2D eigenvalue weighted by molar-refractivity contribution is -0.168. The molecule has 0 aliphatic heterocycles. The van der Waals surface area contributed by atoms with E-state index < -0.39 is 16.8 Å². The summed E-state index contributed by atoms with van der Waals surface area (Å²) in [6, 6.07) is 0. The van der Waals surface area contributed by atoms with Crippen molar-refractivity contribution < 1.29 is 24.2 Å². The molecule has 0 saturated heterocycles. The SMILES string of the molecule is C=C(C)C1CC[C@]2(C)C(C(=O)C=C3[C@@H]4C[C@@](C)(C(=O)OC)CC[C@]4(C)CC[C@]32C)[C@@]1(C)CCC(=O)O. The van der Waals surface area contributed by atoms with Crippen molar-refractivity contribution in [3.05, 3.63) is 23.8 Å². The molecule has 4 rings (SSSR count). The molecule has 36 heavy (non-hydrogen) atoms. The Morgan fingerprint density at radius 3 is 2.31 bits per heavy atom. The molecule has 0 aromatic heterocycles. The Kier molecular flexibility index (Phi) is 6.45. The summed E-state index contributed by atoms with van der Waals surface area (Å²) in [6.45, 7) is 17.5. The van der Waals surface area contributed by atoms with Crippen molar-refractivity contribution in [1.29, 1.82) is 0 Å². The molecule has 4 aliphatic carbocycles. The molecule has 2 unspecified atom stereocenters. The van der Waals surface area contributed by atoms with Gasteiger partial charge in [0.15, 0.2) is 5.78 Å². The highest BCUT2D eigenvalue weighted by molar-refractivity contribution is 5.95. The molecule has 0 aromatic carbocycles. The molecule has 1 N–H and O–H groups in total. The Balaban J connectivity index is 1.84. The molecule has 200 valence electrons. The molecule has 5 nitrogen and oxygen atoms in total. The third-order valence-electron chi connectivity index (χ3n) is 12.0. The maximum atomic E-state index is 14.2. The summed E-state index contributed by atoms with van der Waals surface area (Å²) in [4.78, 5) is 38.7. The van der Waals surface area contributed by atoms with E-state index in [0.29, 0.717) is 6.42 Å². The van der Waals surface area contributed by atoms with Crippen molar-refractivity contribution in [2.75, 3.05) is 7.11 Å². The molecule has 3 saturated carbocycles. The number of ketones is 1. The van der Waals surface area contributed by atoms with Crippen LogP contribution < -0.4 is 0 Å². The average molecular weight is 499 g/mol. The first-order valence-corrected chi connectivity index (χ1v) is 13.8. The molecular formula is C31H46O5. The van der Waals surface area contributed by atoms with Crippen molar-refractivity contribution in [1.82, 2.24) is 0 Å². The second-order valence-corrected chi connectivity index (χ2v) is 14.0. The van der Waals surface area contributed by atoms with Gasteiger partial charge in [-0.2, -0.15) is 0 Å². The number of hydrogen-bond acceptors (Lipinski definition) is 4. The quantitative estimate of drug-likeness (QED) is 0.334. The molecule has 0 heterocycles. The molecule has 0 aromatic rings. The minimum absolute atomic E-state index is 0.0611. The Morgan fingerprint density at radius 2 is 1.72 bits per heavy atom. The van der Waals surface area contributed by atoms with Crippen LogP contribution in [0.5, 0.6) is 0 Å². The van der Waals surface area contributed by atoms with E-state index in [-0.39, 0.29) is 52.2 Å². The second-order valence-electron chi connectivity index (χ2n) is 14.0. The standard InChI is InChI=1S/C31H46O5/c1-19(2)20-9-12-31(7)25(29(20,5)11-10-24(33)34)23(32)17-21-22-18-28(4,26(35)36-8)14-13-27(22,3)15-16-30(21,31)6/h17,20,22,25H,1,9-16,18H2,2-8H3,(H,33,34)/t20?,22-,25?,27+,28-,29-,30+,31+/m0/s1. The highest BCUT2D eigenvalue weighted by atomic mass is 16.5. The monoisotopic (exact) mass is 498 g/mol. The number of esters is 1. The third kappa shape index (κ3) is 3.66. The van der Waals surface area contributed by atoms with Crippen LogP contribution in [0.15, 0.2) is 23.8 Å². The van der Waals surface area contributed by atoms with E-state index in [1.54, 1.807) is 0 Å². The van der Waals surface area contributed by atoms with Gasteiger partial charge in [-0.1, -0.05) is 45.4 Å². The summed E-state index contributed by atoms with van der Waals surface area (Å²) in [6.07, 6.45) is 8.94. The summed E-state index contributed by atoms with van der Waals surface area (Å²) in [5, 5.41) is 9.56. The van der Waals surface area contributed by atoms with Crippen LogP contribution in [-0.4, -0.2) is 29.9 Å². The smallest absolute Gasteiger partial charge is 0.311 e. The molecule has 0 spiro atoms. The van der Waals surface area contributed by atoms with Gasteiger partial charge in [-0.25, -0.2) is 0 Å². The maximum Gasteiger partial charge on any atom is 0.311 e. The fraction of sp³-hybridized carbons (Fsp3) is 0.774. The van der Waals surface area contributed by atoms with Gasteiger partial charge in [0.2, 0.25) is 0 Å². The Bertz CT molecular complexity index is 1030. The number of rotatable bonds is 5. The Labute approximate surface area is 217 Å². The number of hydrogen-bond donors (Lipinski definition) is 1. The number of carbonyl (C=O) groups is 3. The van der Waals surface area contributed by atoms with Gasteiger partial charge in [0, 0.05) is 12.3 Å². The molecule has 0 bridgehead atoms. The van der Waals surface area contributed by atoms with Gasteiger partial charge >= 0.3 is 11.9 Å². The minimum atomic E-state index is -0.813. The maximum absolute atomic E-state index is 14.2. The van der Waals surface area contributed by atoms with Gasteiger partial charge in [0.05, 0.1) is 12.5 Å². The van der Waals surface area contributed by atoms with Crippen LogP contribution in [0.25, 0.3) is 0 Å². The molecule has 8 atom stereocenters. The lowest BCUT2D eigenvalue weighted by atomic mass is 9.35. The van der Waals surface area contributed by atoms with Gasteiger partial charge in [-0.3, -0.25) is 14.4 Å². The lowest BCUT2D eigenvalue weighted by Gasteiger charge is -2.68. The number of aliphatic carboxylic acids is 1. The summed E-state index contributed by atoms with van der Waals surface area (Å²) in [5.74, 6) is -0.755.